The summed E-state index contributed by atoms with van der Waals surface area (Å²) in [6.45, 7) is 0.0808. The van der Waals surface area contributed by atoms with E-state index < -0.39 is 11.9 Å². The Bertz CT molecular complexity index is 871. The maximum absolute atomic E-state index is 12.4. The van der Waals surface area contributed by atoms with Crippen LogP contribution < -0.4 is 0 Å². The number of aromatic hydroxyl groups is 1. The Kier molecular flexibility index (Phi) is 4.58. The molecule has 2 aromatic rings. The van der Waals surface area contributed by atoms with Crippen molar-refractivity contribution in [3.63, 3.8) is 0 Å². The minimum atomic E-state index is -1.03. The Labute approximate surface area is 147 Å². The van der Waals surface area contributed by atoms with E-state index in [0.717, 1.165) is 16.7 Å². The molecule has 0 unspecified atom stereocenters. The topological polar surface area (TPSA) is 94.9 Å². The van der Waals surface area contributed by atoms with Crippen LogP contribution in [0.4, 0.5) is 4.79 Å². The molecule has 2 amide bonds. The van der Waals surface area contributed by atoms with Gasteiger partial charge in [-0.1, -0.05) is 24.3 Å². The molecule has 0 atom stereocenters. The number of phenols is 1. The summed E-state index contributed by atoms with van der Waals surface area (Å²) in [4.78, 5) is 36.8. The molecule has 1 aliphatic rings. The van der Waals surface area contributed by atoms with E-state index in [1.807, 2.05) is 0 Å². The zero-order valence-corrected chi connectivity index (χ0v) is 13.7. The number of carbonyl (C=O) groups is 3. The molecule has 7 heteroatoms. The van der Waals surface area contributed by atoms with Crippen LogP contribution in [0.5, 0.6) is 5.75 Å². The van der Waals surface area contributed by atoms with Crippen molar-refractivity contribution in [1.82, 2.24) is 4.90 Å². The van der Waals surface area contributed by atoms with Gasteiger partial charge in [0.15, 0.2) is 0 Å². The van der Waals surface area contributed by atoms with Crippen molar-refractivity contribution in [3.8, 4) is 5.75 Å². The number of phenolic OH excluding ortho intramolecular Hbond substituents is 1. The number of nitrogens with zero attached hydrogens (tertiary/aromatic N) is 1. The van der Waals surface area contributed by atoms with Crippen molar-refractivity contribution >= 4 is 35.0 Å². The van der Waals surface area contributed by atoms with E-state index >= 15 is 0 Å². The van der Waals surface area contributed by atoms with Crippen LogP contribution in [0.1, 0.15) is 21.5 Å². The second kappa shape index (κ2) is 6.82. The molecule has 2 N–H and O–H groups in total. The number of imide groups is 1. The second-order valence-corrected chi connectivity index (χ2v) is 6.35. The Morgan fingerprint density at radius 2 is 1.68 bits per heavy atom. The lowest BCUT2D eigenvalue weighted by atomic mass is 10.1. The molecule has 2 aromatic carbocycles. The van der Waals surface area contributed by atoms with Gasteiger partial charge < -0.3 is 10.2 Å². The predicted molar refractivity (Wildman–Crippen MR) is 93.0 cm³/mol. The Hall–Kier alpha value is -3.06. The quantitative estimate of drug-likeness (QED) is 0.817. The van der Waals surface area contributed by atoms with Gasteiger partial charge in [0.1, 0.15) is 5.75 Å². The van der Waals surface area contributed by atoms with Gasteiger partial charge in [-0.25, -0.2) is 4.79 Å². The molecule has 0 aliphatic carbocycles. The van der Waals surface area contributed by atoms with Crippen LogP contribution in [0.15, 0.2) is 53.4 Å². The lowest BCUT2D eigenvalue weighted by Crippen LogP contribution is -2.27. The van der Waals surface area contributed by atoms with Crippen molar-refractivity contribution in [2.24, 2.45) is 0 Å². The monoisotopic (exact) mass is 355 g/mol. The van der Waals surface area contributed by atoms with Gasteiger partial charge in [-0.3, -0.25) is 14.5 Å². The molecule has 6 nitrogen and oxygen atoms in total. The number of carboxylic acids is 1. The second-order valence-electron chi connectivity index (χ2n) is 5.36. The van der Waals surface area contributed by atoms with Gasteiger partial charge in [0, 0.05) is 0 Å². The van der Waals surface area contributed by atoms with E-state index in [1.54, 1.807) is 30.3 Å². The molecule has 0 bridgehead atoms. The Balaban J connectivity index is 1.77. The first-order valence-electron chi connectivity index (χ1n) is 7.30. The number of benzene rings is 2. The van der Waals surface area contributed by atoms with Crippen LogP contribution in [0, 0.1) is 0 Å². The molecule has 1 aliphatic heterocycles. The summed E-state index contributed by atoms with van der Waals surface area (Å²) in [5.74, 6) is -1.31. The van der Waals surface area contributed by atoms with Gasteiger partial charge >= 0.3 is 5.97 Å². The molecule has 3 rings (SSSR count). The maximum Gasteiger partial charge on any atom is 0.335 e. The summed E-state index contributed by atoms with van der Waals surface area (Å²) in [6, 6.07) is 12.3. The third-order valence-corrected chi connectivity index (χ3v) is 4.51. The molecule has 25 heavy (non-hydrogen) atoms. The third-order valence-electron chi connectivity index (χ3n) is 3.61. The van der Waals surface area contributed by atoms with Gasteiger partial charge in [0.2, 0.25) is 0 Å². The lowest BCUT2D eigenvalue weighted by Gasteiger charge is -2.12. The number of hydrogen-bond donors (Lipinski definition) is 2. The maximum atomic E-state index is 12.4. The SMILES string of the molecule is O=C(O)c1ccc(CN2C(=O)S/C(=C\c3ccc(O)cc3)C2=O)cc1. The summed E-state index contributed by atoms with van der Waals surface area (Å²) in [6.07, 6.45) is 1.60. The number of amides is 2. The van der Waals surface area contributed by atoms with E-state index in [4.69, 9.17) is 5.11 Å². The van der Waals surface area contributed by atoms with E-state index in [0.29, 0.717) is 16.0 Å². The predicted octanol–water partition coefficient (Wildman–Crippen LogP) is 3.33. The zero-order valence-electron chi connectivity index (χ0n) is 12.9. The summed E-state index contributed by atoms with van der Waals surface area (Å²) >= 11 is 0.850. The van der Waals surface area contributed by atoms with Gasteiger partial charge in [-0.05, 0) is 53.2 Å². The molecule has 0 radical (unpaired) electrons. The summed E-state index contributed by atoms with van der Waals surface area (Å²) in [5, 5.41) is 17.8. The van der Waals surface area contributed by atoms with Crippen molar-refractivity contribution in [2.45, 2.75) is 6.54 Å². The molecule has 126 valence electrons. The van der Waals surface area contributed by atoms with E-state index in [9.17, 15) is 19.5 Å². The van der Waals surface area contributed by atoms with Crippen LogP contribution in [0.2, 0.25) is 0 Å². The van der Waals surface area contributed by atoms with E-state index in [-0.39, 0.29) is 23.1 Å². The fraction of sp³-hybridized carbons (Fsp3) is 0.0556. The third kappa shape index (κ3) is 3.72. The summed E-state index contributed by atoms with van der Waals surface area (Å²) in [5.41, 5.74) is 1.51. The minimum Gasteiger partial charge on any atom is -0.508 e. The average molecular weight is 355 g/mol. The lowest BCUT2D eigenvalue weighted by molar-refractivity contribution is -0.123. The Morgan fingerprint density at radius 1 is 1.04 bits per heavy atom. The van der Waals surface area contributed by atoms with E-state index in [2.05, 4.69) is 0 Å². The van der Waals surface area contributed by atoms with Crippen molar-refractivity contribution in [3.05, 3.63) is 70.1 Å². The van der Waals surface area contributed by atoms with Crippen molar-refractivity contribution in [2.75, 3.05) is 0 Å². The average Bonchev–Trinajstić information content (AvgIpc) is 2.85. The standard InChI is InChI=1S/C18H13NO5S/c20-14-7-3-11(4-8-14)9-15-16(21)19(18(24)25-15)10-12-1-5-13(6-2-12)17(22)23/h1-9,20H,10H2,(H,22,23)/b15-9-. The molecule has 0 spiro atoms. The highest BCUT2D eigenvalue weighted by Gasteiger charge is 2.34. The first-order valence-corrected chi connectivity index (χ1v) is 8.12. The molecule has 0 saturated carbocycles. The largest absolute Gasteiger partial charge is 0.508 e. The summed E-state index contributed by atoms with van der Waals surface area (Å²) < 4.78 is 0. The first kappa shape index (κ1) is 16.8. The molecule has 1 heterocycles. The molecule has 0 aromatic heterocycles. The Morgan fingerprint density at radius 3 is 2.28 bits per heavy atom. The van der Waals surface area contributed by atoms with Gasteiger partial charge in [0.25, 0.3) is 11.1 Å². The fourth-order valence-electron chi connectivity index (χ4n) is 2.29. The van der Waals surface area contributed by atoms with Crippen LogP contribution in [0.3, 0.4) is 0 Å². The normalized spacial score (nSPS) is 15.8. The number of rotatable bonds is 4. The number of carboxylic acid groups (broad SMARTS) is 1. The van der Waals surface area contributed by atoms with Crippen molar-refractivity contribution < 1.29 is 24.6 Å². The number of thioether (sulfide) groups is 1. The molecular weight excluding hydrogens is 342 g/mol. The number of aromatic carboxylic acids is 1. The highest BCUT2D eigenvalue weighted by molar-refractivity contribution is 8.18. The van der Waals surface area contributed by atoms with E-state index in [1.165, 1.54) is 24.3 Å². The summed E-state index contributed by atoms with van der Waals surface area (Å²) in [7, 11) is 0. The number of hydrogen-bond acceptors (Lipinski definition) is 5. The number of carbonyl (C=O) groups excluding carboxylic acids is 2. The fourth-order valence-corrected chi connectivity index (χ4v) is 3.13. The minimum absolute atomic E-state index is 0.0808. The van der Waals surface area contributed by atoms with Gasteiger partial charge in [-0.15, -0.1) is 0 Å². The highest BCUT2D eigenvalue weighted by Crippen LogP contribution is 2.33. The zero-order chi connectivity index (χ0) is 18.0. The highest BCUT2D eigenvalue weighted by atomic mass is 32.2. The first-order chi connectivity index (χ1) is 11.9. The van der Waals surface area contributed by atoms with Crippen LogP contribution in [0.25, 0.3) is 6.08 Å². The smallest absolute Gasteiger partial charge is 0.335 e. The van der Waals surface area contributed by atoms with Crippen LogP contribution in [-0.4, -0.2) is 32.2 Å². The van der Waals surface area contributed by atoms with Crippen LogP contribution in [-0.2, 0) is 11.3 Å². The van der Waals surface area contributed by atoms with Crippen molar-refractivity contribution in [1.29, 1.82) is 0 Å². The van der Waals surface area contributed by atoms with Gasteiger partial charge in [-0.2, -0.15) is 0 Å². The molecular formula is C18H13NO5S. The molecule has 1 saturated heterocycles. The van der Waals surface area contributed by atoms with Gasteiger partial charge in [0.05, 0.1) is 17.0 Å². The molecule has 1 fully saturated rings. The van der Waals surface area contributed by atoms with Crippen LogP contribution >= 0.6 is 11.8 Å².